The summed E-state index contributed by atoms with van der Waals surface area (Å²) >= 11 is 2.17. The van der Waals surface area contributed by atoms with Crippen LogP contribution in [0.1, 0.15) is 49.3 Å². The van der Waals surface area contributed by atoms with E-state index in [1.54, 1.807) is 0 Å². The van der Waals surface area contributed by atoms with E-state index in [4.69, 9.17) is 0 Å². The Balaban J connectivity index is 1.88. The van der Waals surface area contributed by atoms with Gasteiger partial charge >= 0.3 is 0 Å². The van der Waals surface area contributed by atoms with Gasteiger partial charge in [0.05, 0.1) is 0 Å². The molecule has 1 N–H and O–H groups in total. The lowest BCUT2D eigenvalue weighted by molar-refractivity contribution is 0.514. The average molecular weight is 263 g/mol. The quantitative estimate of drug-likeness (QED) is 0.849. The molecule has 1 fully saturated rings. The predicted octanol–water partition coefficient (Wildman–Crippen LogP) is 4.32. The number of benzene rings is 1. The molecule has 1 aromatic rings. The van der Waals surface area contributed by atoms with Crippen molar-refractivity contribution >= 4 is 11.8 Å². The zero-order valence-electron chi connectivity index (χ0n) is 11.6. The van der Waals surface area contributed by atoms with E-state index >= 15 is 0 Å². The summed E-state index contributed by atoms with van der Waals surface area (Å²) in [7, 11) is 2.08. The number of hydrogen-bond acceptors (Lipinski definition) is 2. The maximum atomic E-state index is 3.46. The van der Waals surface area contributed by atoms with E-state index in [9.17, 15) is 0 Å². The van der Waals surface area contributed by atoms with Crippen molar-refractivity contribution in [3.63, 3.8) is 0 Å². The molecule has 1 nitrogen and oxygen atoms in total. The van der Waals surface area contributed by atoms with Crippen molar-refractivity contribution in [1.82, 2.24) is 5.32 Å². The van der Waals surface area contributed by atoms with Crippen LogP contribution in [0.15, 0.2) is 24.3 Å². The van der Waals surface area contributed by atoms with Crippen molar-refractivity contribution in [1.29, 1.82) is 0 Å². The van der Waals surface area contributed by atoms with Crippen molar-refractivity contribution in [3.05, 3.63) is 35.4 Å². The van der Waals surface area contributed by atoms with Gasteiger partial charge in [0.15, 0.2) is 0 Å². The summed E-state index contributed by atoms with van der Waals surface area (Å²) in [5, 5.41) is 4.37. The van der Waals surface area contributed by atoms with E-state index in [1.807, 2.05) is 0 Å². The molecule has 1 aliphatic rings. The molecule has 2 rings (SSSR count). The van der Waals surface area contributed by atoms with E-state index in [0.717, 1.165) is 5.25 Å². The number of thioether (sulfide) groups is 1. The predicted molar refractivity (Wildman–Crippen MR) is 82.3 cm³/mol. The van der Waals surface area contributed by atoms with E-state index in [0.29, 0.717) is 6.04 Å². The Morgan fingerprint density at radius 2 is 2.06 bits per heavy atom. The van der Waals surface area contributed by atoms with Crippen molar-refractivity contribution < 1.29 is 0 Å². The van der Waals surface area contributed by atoms with Gasteiger partial charge in [-0.15, -0.1) is 0 Å². The van der Waals surface area contributed by atoms with Crippen LogP contribution in [-0.2, 0) is 0 Å². The van der Waals surface area contributed by atoms with Crippen molar-refractivity contribution in [2.45, 2.75) is 50.3 Å². The molecule has 100 valence electrons. The SMILES string of the molecule is CNC(CSC1CCCCC1)c1cccc(C)c1. The zero-order valence-corrected chi connectivity index (χ0v) is 12.4. The molecule has 0 aliphatic heterocycles. The highest BCUT2D eigenvalue weighted by Crippen LogP contribution is 2.31. The van der Waals surface area contributed by atoms with Crippen LogP contribution >= 0.6 is 11.8 Å². The normalized spacial score (nSPS) is 18.8. The number of rotatable bonds is 5. The molecule has 2 heteroatoms. The molecule has 0 amide bonds. The smallest absolute Gasteiger partial charge is 0.0409 e. The molecular formula is C16H25NS. The third-order valence-electron chi connectivity index (χ3n) is 3.84. The second-order valence-electron chi connectivity index (χ2n) is 5.35. The summed E-state index contributed by atoms with van der Waals surface area (Å²) in [5.74, 6) is 1.20. The van der Waals surface area contributed by atoms with Gasteiger partial charge in [0.1, 0.15) is 0 Å². The molecule has 1 aliphatic carbocycles. The minimum atomic E-state index is 0.497. The van der Waals surface area contributed by atoms with Gasteiger partial charge in [0, 0.05) is 17.0 Å². The Morgan fingerprint density at radius 3 is 2.72 bits per heavy atom. The third-order valence-corrected chi connectivity index (χ3v) is 5.31. The summed E-state index contributed by atoms with van der Waals surface area (Å²) in [6, 6.07) is 9.39. The van der Waals surface area contributed by atoms with Crippen LogP contribution in [0.2, 0.25) is 0 Å². The van der Waals surface area contributed by atoms with Gasteiger partial charge in [-0.25, -0.2) is 0 Å². The zero-order chi connectivity index (χ0) is 12.8. The van der Waals surface area contributed by atoms with Crippen LogP contribution in [0.25, 0.3) is 0 Å². The summed E-state index contributed by atoms with van der Waals surface area (Å²) in [6.07, 6.45) is 7.17. The van der Waals surface area contributed by atoms with Crippen LogP contribution in [0.5, 0.6) is 0 Å². The molecule has 1 atom stereocenters. The summed E-state index contributed by atoms with van der Waals surface area (Å²) in [5.41, 5.74) is 2.79. The maximum absolute atomic E-state index is 3.46. The molecule has 0 spiro atoms. The largest absolute Gasteiger partial charge is 0.312 e. The first-order valence-corrected chi connectivity index (χ1v) is 8.20. The molecule has 1 saturated carbocycles. The summed E-state index contributed by atoms with van der Waals surface area (Å²) in [6.45, 7) is 2.17. The molecule has 0 saturated heterocycles. The first-order chi connectivity index (χ1) is 8.79. The minimum absolute atomic E-state index is 0.497. The molecule has 0 bridgehead atoms. The van der Waals surface area contributed by atoms with Crippen LogP contribution in [-0.4, -0.2) is 18.1 Å². The molecule has 1 aromatic carbocycles. The summed E-state index contributed by atoms with van der Waals surface area (Å²) in [4.78, 5) is 0. The van der Waals surface area contributed by atoms with Crippen LogP contribution in [0, 0.1) is 6.92 Å². The fourth-order valence-corrected chi connectivity index (χ4v) is 4.19. The first-order valence-electron chi connectivity index (χ1n) is 7.15. The van der Waals surface area contributed by atoms with Crippen LogP contribution < -0.4 is 5.32 Å². The minimum Gasteiger partial charge on any atom is -0.312 e. The molecule has 18 heavy (non-hydrogen) atoms. The highest BCUT2D eigenvalue weighted by atomic mass is 32.2. The van der Waals surface area contributed by atoms with Gasteiger partial charge in [0.25, 0.3) is 0 Å². The maximum Gasteiger partial charge on any atom is 0.0409 e. The Hall–Kier alpha value is -0.470. The van der Waals surface area contributed by atoms with Crippen molar-refractivity contribution in [2.75, 3.05) is 12.8 Å². The number of hydrogen-bond donors (Lipinski definition) is 1. The highest BCUT2D eigenvalue weighted by molar-refractivity contribution is 7.99. The Labute approximate surface area is 116 Å². The number of nitrogens with one attached hydrogen (secondary N) is 1. The van der Waals surface area contributed by atoms with Crippen molar-refractivity contribution in [2.24, 2.45) is 0 Å². The van der Waals surface area contributed by atoms with E-state index in [-0.39, 0.29) is 0 Å². The summed E-state index contributed by atoms with van der Waals surface area (Å²) < 4.78 is 0. The van der Waals surface area contributed by atoms with Gasteiger partial charge in [-0.1, -0.05) is 49.1 Å². The molecule has 0 aromatic heterocycles. The lowest BCUT2D eigenvalue weighted by Gasteiger charge is -2.24. The fraction of sp³-hybridized carbons (Fsp3) is 0.625. The number of aryl methyl sites for hydroxylation is 1. The monoisotopic (exact) mass is 263 g/mol. The van der Waals surface area contributed by atoms with Gasteiger partial charge < -0.3 is 5.32 Å². The van der Waals surface area contributed by atoms with E-state index < -0.39 is 0 Å². The first kappa shape index (κ1) is 14.0. The second-order valence-corrected chi connectivity index (χ2v) is 6.68. The lowest BCUT2D eigenvalue weighted by atomic mass is 10.0. The molecule has 1 unspecified atom stereocenters. The standard InChI is InChI=1S/C16H25NS/c1-13-7-6-8-14(11-13)16(17-2)12-18-15-9-4-3-5-10-15/h6-8,11,15-17H,3-5,9-10,12H2,1-2H3. The lowest BCUT2D eigenvalue weighted by Crippen LogP contribution is -2.21. The van der Waals surface area contributed by atoms with Crippen LogP contribution in [0.4, 0.5) is 0 Å². The molecule has 0 heterocycles. The second kappa shape index (κ2) is 7.20. The van der Waals surface area contributed by atoms with Gasteiger partial charge in [-0.05, 0) is 32.4 Å². The Bertz CT molecular complexity index is 358. The highest BCUT2D eigenvalue weighted by Gasteiger charge is 2.16. The topological polar surface area (TPSA) is 12.0 Å². The third kappa shape index (κ3) is 4.03. The van der Waals surface area contributed by atoms with E-state index in [2.05, 4.69) is 55.3 Å². The van der Waals surface area contributed by atoms with Crippen molar-refractivity contribution in [3.8, 4) is 0 Å². The molecule has 0 radical (unpaired) electrons. The van der Waals surface area contributed by atoms with E-state index in [1.165, 1.54) is 49.0 Å². The van der Waals surface area contributed by atoms with Gasteiger partial charge in [0.2, 0.25) is 0 Å². The van der Waals surface area contributed by atoms with Gasteiger partial charge in [-0.3, -0.25) is 0 Å². The Kier molecular flexibility index (Phi) is 5.58. The average Bonchev–Trinajstić information content (AvgIpc) is 2.41. The molecular weight excluding hydrogens is 238 g/mol. The van der Waals surface area contributed by atoms with Crippen LogP contribution in [0.3, 0.4) is 0 Å². The Morgan fingerprint density at radius 1 is 1.28 bits per heavy atom. The van der Waals surface area contributed by atoms with Gasteiger partial charge in [-0.2, -0.15) is 11.8 Å². The fourth-order valence-electron chi connectivity index (χ4n) is 2.70.